The second kappa shape index (κ2) is 4.31. The maximum atomic E-state index is 5.98. The molecule has 4 heteroatoms. The molecule has 0 fully saturated rings. The minimum atomic E-state index is 0.481. The minimum Gasteiger partial charge on any atom is -0.462 e. The molecule has 3 N–H and O–H groups in total. The quantitative estimate of drug-likeness (QED) is 0.734. The normalized spacial score (nSPS) is 10.8. The molecule has 0 aliphatic heterocycles. The molecule has 4 nitrogen and oxygen atoms in total. The van der Waals surface area contributed by atoms with Gasteiger partial charge in [0.2, 0.25) is 0 Å². The van der Waals surface area contributed by atoms with Gasteiger partial charge in [0.25, 0.3) is 0 Å². The zero-order valence-corrected chi connectivity index (χ0v) is 10.9. The van der Waals surface area contributed by atoms with Gasteiger partial charge in [-0.25, -0.2) is 0 Å². The maximum Gasteiger partial charge on any atom is 0.155 e. The monoisotopic (exact) mass is 253 g/mol. The fourth-order valence-corrected chi connectivity index (χ4v) is 2.16. The molecule has 19 heavy (non-hydrogen) atoms. The average Bonchev–Trinajstić information content (AvgIpc) is 2.97. The second-order valence-corrected chi connectivity index (χ2v) is 4.66. The third kappa shape index (κ3) is 1.91. The number of anilines is 1. The molecule has 0 radical (unpaired) electrons. The number of H-pyrrole nitrogens is 1. The van der Waals surface area contributed by atoms with Crippen LogP contribution in [0.4, 0.5) is 5.82 Å². The zero-order chi connectivity index (χ0) is 13.4. The number of hydrogen-bond acceptors (Lipinski definition) is 3. The molecule has 2 heterocycles. The molecule has 0 saturated heterocycles. The highest BCUT2D eigenvalue weighted by Gasteiger charge is 2.18. The third-order valence-corrected chi connectivity index (χ3v) is 3.22. The molecule has 96 valence electrons. The van der Waals surface area contributed by atoms with Crippen LogP contribution in [0.25, 0.3) is 22.6 Å². The van der Waals surface area contributed by atoms with Crippen molar-refractivity contribution in [3.63, 3.8) is 0 Å². The van der Waals surface area contributed by atoms with E-state index < -0.39 is 0 Å². The Bertz CT molecular complexity index is 707. The van der Waals surface area contributed by atoms with Gasteiger partial charge in [0.05, 0.1) is 11.8 Å². The van der Waals surface area contributed by atoms with Crippen LogP contribution >= 0.6 is 0 Å². The van der Waals surface area contributed by atoms with Gasteiger partial charge in [-0.15, -0.1) is 0 Å². The molecule has 2 aromatic heterocycles. The molecule has 3 aromatic rings. The first-order valence-corrected chi connectivity index (χ1v) is 6.12. The SMILES string of the molecule is Cc1ccc(-c2c(N)n[nH]c2-c2occc2C)cc1. The van der Waals surface area contributed by atoms with Gasteiger partial charge < -0.3 is 10.2 Å². The Morgan fingerprint density at radius 2 is 1.84 bits per heavy atom. The van der Waals surface area contributed by atoms with E-state index >= 15 is 0 Å². The van der Waals surface area contributed by atoms with Gasteiger partial charge in [0, 0.05) is 0 Å². The van der Waals surface area contributed by atoms with Crippen LogP contribution < -0.4 is 5.73 Å². The molecule has 0 atom stereocenters. The van der Waals surface area contributed by atoms with E-state index in [1.807, 2.05) is 25.1 Å². The van der Waals surface area contributed by atoms with E-state index in [2.05, 4.69) is 29.3 Å². The van der Waals surface area contributed by atoms with Gasteiger partial charge in [-0.05, 0) is 31.0 Å². The van der Waals surface area contributed by atoms with E-state index in [1.165, 1.54) is 5.56 Å². The van der Waals surface area contributed by atoms with Crippen LogP contribution in [0.2, 0.25) is 0 Å². The standard InChI is InChI=1S/C15H15N3O/c1-9-3-5-11(6-4-9)12-13(17-18-15(12)16)14-10(2)7-8-19-14/h3-8H,1-2H3,(H3,16,17,18). The molecule has 0 aliphatic rings. The van der Waals surface area contributed by atoms with Crippen LogP contribution in [0, 0.1) is 13.8 Å². The molecular weight excluding hydrogens is 238 g/mol. The molecule has 0 aliphatic carbocycles. The highest BCUT2D eigenvalue weighted by Crippen LogP contribution is 2.36. The smallest absolute Gasteiger partial charge is 0.155 e. The lowest BCUT2D eigenvalue weighted by molar-refractivity contribution is 0.578. The fraction of sp³-hybridized carbons (Fsp3) is 0.133. The van der Waals surface area contributed by atoms with E-state index in [-0.39, 0.29) is 0 Å². The van der Waals surface area contributed by atoms with Crippen LogP contribution in [0.1, 0.15) is 11.1 Å². The number of furan rings is 1. The first-order chi connectivity index (χ1) is 9.16. The summed E-state index contributed by atoms with van der Waals surface area (Å²) in [7, 11) is 0. The summed E-state index contributed by atoms with van der Waals surface area (Å²) < 4.78 is 5.52. The average molecular weight is 253 g/mol. The summed E-state index contributed by atoms with van der Waals surface area (Å²) in [5.41, 5.74) is 11.0. The summed E-state index contributed by atoms with van der Waals surface area (Å²) in [6.07, 6.45) is 1.67. The van der Waals surface area contributed by atoms with Crippen LogP contribution in [0.5, 0.6) is 0 Å². The van der Waals surface area contributed by atoms with Crippen molar-refractivity contribution in [2.75, 3.05) is 5.73 Å². The van der Waals surface area contributed by atoms with Gasteiger partial charge in [0.15, 0.2) is 11.6 Å². The lowest BCUT2D eigenvalue weighted by Gasteiger charge is -2.04. The first-order valence-electron chi connectivity index (χ1n) is 6.12. The summed E-state index contributed by atoms with van der Waals surface area (Å²) >= 11 is 0. The number of nitrogens with two attached hydrogens (primary N) is 1. The van der Waals surface area contributed by atoms with Gasteiger partial charge in [0.1, 0.15) is 5.69 Å². The van der Waals surface area contributed by atoms with E-state index in [1.54, 1.807) is 6.26 Å². The van der Waals surface area contributed by atoms with Crippen molar-refractivity contribution < 1.29 is 4.42 Å². The number of nitrogens with zero attached hydrogens (tertiary/aromatic N) is 1. The highest BCUT2D eigenvalue weighted by atomic mass is 16.3. The Hall–Kier alpha value is -2.49. The van der Waals surface area contributed by atoms with Crippen molar-refractivity contribution in [2.45, 2.75) is 13.8 Å². The minimum absolute atomic E-state index is 0.481. The predicted octanol–water partition coefficient (Wildman–Crippen LogP) is 3.54. The lowest BCUT2D eigenvalue weighted by atomic mass is 10.0. The Labute approximate surface area is 111 Å². The molecule has 0 saturated carbocycles. The summed E-state index contributed by atoms with van der Waals surface area (Å²) in [5.74, 6) is 1.26. The molecule has 0 spiro atoms. The number of nitrogen functional groups attached to an aromatic ring is 1. The number of aromatic amines is 1. The van der Waals surface area contributed by atoms with Crippen LogP contribution in [-0.2, 0) is 0 Å². The van der Waals surface area contributed by atoms with Crippen molar-refractivity contribution in [3.8, 4) is 22.6 Å². The van der Waals surface area contributed by atoms with Crippen molar-refractivity contribution in [2.24, 2.45) is 0 Å². The Kier molecular flexibility index (Phi) is 2.63. The predicted molar refractivity (Wildman–Crippen MR) is 75.6 cm³/mol. The Balaban J connectivity index is 2.19. The molecular formula is C15H15N3O. The van der Waals surface area contributed by atoms with Gasteiger partial charge in [-0.3, -0.25) is 5.10 Å². The zero-order valence-electron chi connectivity index (χ0n) is 10.9. The molecule has 0 amide bonds. The summed E-state index contributed by atoms with van der Waals surface area (Å²) in [4.78, 5) is 0. The number of rotatable bonds is 2. The fourth-order valence-electron chi connectivity index (χ4n) is 2.16. The van der Waals surface area contributed by atoms with Crippen molar-refractivity contribution in [1.29, 1.82) is 0 Å². The Morgan fingerprint density at radius 3 is 2.47 bits per heavy atom. The number of hydrogen-bond donors (Lipinski definition) is 2. The summed E-state index contributed by atoms with van der Waals surface area (Å²) in [6, 6.07) is 10.1. The number of nitrogens with one attached hydrogen (secondary N) is 1. The van der Waals surface area contributed by atoms with Crippen molar-refractivity contribution in [3.05, 3.63) is 47.7 Å². The maximum absolute atomic E-state index is 5.98. The van der Waals surface area contributed by atoms with E-state index in [9.17, 15) is 0 Å². The molecule has 0 bridgehead atoms. The van der Waals surface area contributed by atoms with Crippen LogP contribution in [0.3, 0.4) is 0 Å². The topological polar surface area (TPSA) is 67.8 Å². The van der Waals surface area contributed by atoms with Crippen molar-refractivity contribution >= 4 is 5.82 Å². The molecule has 1 aromatic carbocycles. The van der Waals surface area contributed by atoms with Crippen LogP contribution in [-0.4, -0.2) is 10.2 Å². The molecule has 3 rings (SSSR count). The van der Waals surface area contributed by atoms with E-state index in [0.717, 1.165) is 28.1 Å². The highest BCUT2D eigenvalue weighted by molar-refractivity contribution is 5.87. The van der Waals surface area contributed by atoms with Crippen molar-refractivity contribution in [1.82, 2.24) is 10.2 Å². The first kappa shape index (κ1) is 11.6. The summed E-state index contributed by atoms with van der Waals surface area (Å²) in [6.45, 7) is 4.05. The van der Waals surface area contributed by atoms with Gasteiger partial charge in [-0.2, -0.15) is 5.10 Å². The third-order valence-electron chi connectivity index (χ3n) is 3.22. The van der Waals surface area contributed by atoms with E-state index in [0.29, 0.717) is 5.82 Å². The molecule has 0 unspecified atom stereocenters. The number of aryl methyl sites for hydroxylation is 2. The lowest BCUT2D eigenvalue weighted by Crippen LogP contribution is -1.89. The van der Waals surface area contributed by atoms with Gasteiger partial charge in [-0.1, -0.05) is 29.8 Å². The number of aromatic nitrogens is 2. The largest absolute Gasteiger partial charge is 0.462 e. The van der Waals surface area contributed by atoms with E-state index in [4.69, 9.17) is 10.2 Å². The Morgan fingerprint density at radius 1 is 1.11 bits per heavy atom. The number of benzene rings is 1. The summed E-state index contributed by atoms with van der Waals surface area (Å²) in [5, 5.41) is 7.07. The second-order valence-electron chi connectivity index (χ2n) is 4.66. The van der Waals surface area contributed by atoms with Crippen LogP contribution in [0.15, 0.2) is 41.0 Å². The van der Waals surface area contributed by atoms with Gasteiger partial charge >= 0.3 is 0 Å².